The summed E-state index contributed by atoms with van der Waals surface area (Å²) in [6.07, 6.45) is 6.08. The van der Waals surface area contributed by atoms with E-state index in [4.69, 9.17) is 0 Å². The van der Waals surface area contributed by atoms with E-state index in [2.05, 4.69) is 40.6 Å². The van der Waals surface area contributed by atoms with Gasteiger partial charge in [0.05, 0.1) is 11.6 Å². The molecule has 0 saturated carbocycles. The molecular formula is C22H25N3O. The third kappa shape index (κ3) is 2.32. The van der Waals surface area contributed by atoms with Gasteiger partial charge in [-0.2, -0.15) is 0 Å². The molecule has 4 heterocycles. The fourth-order valence-corrected chi connectivity index (χ4v) is 4.94. The zero-order chi connectivity index (χ0) is 17.8. The Morgan fingerprint density at radius 2 is 1.92 bits per heavy atom. The van der Waals surface area contributed by atoms with E-state index < -0.39 is 6.10 Å². The van der Waals surface area contributed by atoms with E-state index in [9.17, 15) is 5.11 Å². The van der Waals surface area contributed by atoms with Crippen LogP contribution in [0.1, 0.15) is 40.1 Å². The van der Waals surface area contributed by atoms with Crippen LogP contribution in [0.2, 0.25) is 0 Å². The van der Waals surface area contributed by atoms with Crippen LogP contribution < -0.4 is 0 Å². The number of likely N-dealkylation sites (N-methyl/N-ethyl adjacent to an activating group) is 1. The number of aliphatic hydroxyl groups is 1. The number of aryl methyl sites for hydroxylation is 1. The summed E-state index contributed by atoms with van der Waals surface area (Å²) in [4.78, 5) is 6.52. The lowest BCUT2D eigenvalue weighted by Gasteiger charge is -2.24. The van der Waals surface area contributed by atoms with Crippen LogP contribution in [0.4, 0.5) is 0 Å². The quantitative estimate of drug-likeness (QED) is 0.774. The maximum atomic E-state index is 11.2. The second-order valence-corrected chi connectivity index (χ2v) is 7.92. The standard InChI is InChI=1S/C22H25N3O/c1-14-11-16-13-20(22(26)15-3-7-23-8-4-15)25-19-6-10-24(2)9-5-17(19)18(12-14)21(16)25/h3-4,7-8,11-12,20,22,26H,5-6,9-10,13H2,1-2H3. The zero-order valence-corrected chi connectivity index (χ0v) is 15.4. The molecule has 2 atom stereocenters. The molecule has 2 aliphatic rings. The van der Waals surface area contributed by atoms with E-state index >= 15 is 0 Å². The molecule has 0 aliphatic carbocycles. The van der Waals surface area contributed by atoms with E-state index in [1.807, 2.05) is 12.1 Å². The predicted molar refractivity (Wildman–Crippen MR) is 104 cm³/mol. The van der Waals surface area contributed by atoms with E-state index in [-0.39, 0.29) is 6.04 Å². The first-order valence-corrected chi connectivity index (χ1v) is 9.55. The molecule has 1 N–H and O–H groups in total. The van der Waals surface area contributed by atoms with Crippen LogP contribution in [0, 0.1) is 6.92 Å². The first-order chi connectivity index (χ1) is 12.6. The Hall–Kier alpha value is -2.17. The summed E-state index contributed by atoms with van der Waals surface area (Å²) < 4.78 is 2.48. The van der Waals surface area contributed by atoms with Crippen molar-refractivity contribution >= 4 is 10.9 Å². The van der Waals surface area contributed by atoms with Crippen LogP contribution in [-0.4, -0.2) is 39.7 Å². The number of benzene rings is 1. The number of rotatable bonds is 2. The van der Waals surface area contributed by atoms with Gasteiger partial charge in [0.1, 0.15) is 6.10 Å². The molecule has 0 spiro atoms. The second kappa shape index (κ2) is 5.93. The first-order valence-electron chi connectivity index (χ1n) is 9.55. The minimum absolute atomic E-state index is 0.0730. The number of hydrogen-bond acceptors (Lipinski definition) is 3. The highest BCUT2D eigenvalue weighted by Gasteiger charge is 2.35. The average Bonchev–Trinajstić information content (AvgIpc) is 3.09. The number of hydrogen-bond donors (Lipinski definition) is 1. The Bertz CT molecular complexity index is 976. The molecule has 0 bridgehead atoms. The molecule has 0 fully saturated rings. The van der Waals surface area contributed by atoms with Gasteiger partial charge in [0.25, 0.3) is 0 Å². The van der Waals surface area contributed by atoms with Gasteiger partial charge in [0, 0.05) is 43.0 Å². The van der Waals surface area contributed by atoms with Crippen molar-refractivity contribution in [2.24, 2.45) is 0 Å². The molecule has 0 saturated heterocycles. The number of nitrogens with zero attached hydrogens (tertiary/aromatic N) is 3. The second-order valence-electron chi connectivity index (χ2n) is 7.92. The van der Waals surface area contributed by atoms with Crippen LogP contribution in [0.15, 0.2) is 36.7 Å². The van der Waals surface area contributed by atoms with Crippen molar-refractivity contribution in [1.82, 2.24) is 14.5 Å². The van der Waals surface area contributed by atoms with Gasteiger partial charge in [-0.05, 0) is 61.7 Å². The summed E-state index contributed by atoms with van der Waals surface area (Å²) in [6, 6.07) is 8.60. The van der Waals surface area contributed by atoms with Crippen molar-refractivity contribution < 1.29 is 5.11 Å². The normalized spacial score (nSPS) is 21.0. The first kappa shape index (κ1) is 16.0. The van der Waals surface area contributed by atoms with E-state index in [0.717, 1.165) is 37.9 Å². The van der Waals surface area contributed by atoms with Gasteiger partial charge >= 0.3 is 0 Å². The van der Waals surface area contributed by atoms with Gasteiger partial charge < -0.3 is 14.6 Å². The topological polar surface area (TPSA) is 41.3 Å². The van der Waals surface area contributed by atoms with Crippen LogP contribution in [-0.2, 0) is 19.3 Å². The van der Waals surface area contributed by atoms with E-state index in [0.29, 0.717) is 0 Å². The SMILES string of the molecule is Cc1cc2c3c(c1)c1c(n3C(C(O)c3ccncc3)C2)CCN(C)CC1. The van der Waals surface area contributed by atoms with Crippen molar-refractivity contribution in [3.63, 3.8) is 0 Å². The molecule has 4 heteroatoms. The highest BCUT2D eigenvalue weighted by molar-refractivity contribution is 5.90. The van der Waals surface area contributed by atoms with Crippen molar-refractivity contribution in [3.8, 4) is 0 Å². The van der Waals surface area contributed by atoms with Crippen LogP contribution in [0.25, 0.3) is 10.9 Å². The lowest BCUT2D eigenvalue weighted by atomic mass is 9.95. The van der Waals surface area contributed by atoms with Gasteiger partial charge in [0.15, 0.2) is 0 Å². The molecule has 134 valence electrons. The Morgan fingerprint density at radius 3 is 2.73 bits per heavy atom. The lowest BCUT2D eigenvalue weighted by Crippen LogP contribution is -2.22. The maximum Gasteiger partial charge on any atom is 0.100 e. The number of pyridine rings is 1. The molecule has 2 unspecified atom stereocenters. The van der Waals surface area contributed by atoms with Crippen LogP contribution >= 0.6 is 0 Å². The number of fused-ring (bicyclic) bond motifs is 3. The highest BCUT2D eigenvalue weighted by atomic mass is 16.3. The smallest absolute Gasteiger partial charge is 0.100 e. The van der Waals surface area contributed by atoms with Gasteiger partial charge in [-0.1, -0.05) is 11.6 Å². The molecular weight excluding hydrogens is 322 g/mol. The van der Waals surface area contributed by atoms with Gasteiger partial charge in [-0.25, -0.2) is 0 Å². The molecule has 1 aromatic carbocycles. The predicted octanol–water partition coefficient (Wildman–Crippen LogP) is 3.21. The summed E-state index contributed by atoms with van der Waals surface area (Å²) in [5, 5.41) is 12.6. The summed E-state index contributed by atoms with van der Waals surface area (Å²) >= 11 is 0. The van der Waals surface area contributed by atoms with Crippen molar-refractivity contribution in [2.75, 3.05) is 20.1 Å². The van der Waals surface area contributed by atoms with Gasteiger partial charge in [-0.15, -0.1) is 0 Å². The molecule has 4 nitrogen and oxygen atoms in total. The molecule has 2 aromatic heterocycles. The van der Waals surface area contributed by atoms with Crippen molar-refractivity contribution in [3.05, 3.63) is 64.6 Å². The average molecular weight is 347 g/mol. The zero-order valence-electron chi connectivity index (χ0n) is 15.4. The summed E-state index contributed by atoms with van der Waals surface area (Å²) in [7, 11) is 2.21. The maximum absolute atomic E-state index is 11.2. The molecule has 26 heavy (non-hydrogen) atoms. The number of aromatic nitrogens is 2. The summed E-state index contributed by atoms with van der Waals surface area (Å²) in [5.74, 6) is 0. The van der Waals surface area contributed by atoms with E-state index in [1.54, 1.807) is 12.4 Å². The molecule has 0 radical (unpaired) electrons. The Labute approximate surface area is 154 Å². The minimum atomic E-state index is -0.508. The van der Waals surface area contributed by atoms with Crippen LogP contribution in [0.5, 0.6) is 0 Å². The van der Waals surface area contributed by atoms with E-state index in [1.165, 1.54) is 33.3 Å². The molecule has 5 rings (SSSR count). The van der Waals surface area contributed by atoms with Crippen molar-refractivity contribution in [2.45, 2.75) is 38.3 Å². The Balaban J connectivity index is 1.69. The van der Waals surface area contributed by atoms with Gasteiger partial charge in [0.2, 0.25) is 0 Å². The molecule has 2 aliphatic heterocycles. The largest absolute Gasteiger partial charge is 0.386 e. The van der Waals surface area contributed by atoms with Crippen molar-refractivity contribution in [1.29, 1.82) is 0 Å². The number of aliphatic hydroxyl groups excluding tert-OH is 1. The summed E-state index contributed by atoms with van der Waals surface area (Å²) in [5.41, 5.74) is 7.97. The molecule has 0 amide bonds. The van der Waals surface area contributed by atoms with Gasteiger partial charge in [-0.3, -0.25) is 4.98 Å². The fourth-order valence-electron chi connectivity index (χ4n) is 4.94. The monoisotopic (exact) mass is 347 g/mol. The molecule has 3 aromatic rings. The Morgan fingerprint density at radius 1 is 1.15 bits per heavy atom. The lowest BCUT2D eigenvalue weighted by molar-refractivity contribution is 0.117. The van der Waals surface area contributed by atoms with Crippen LogP contribution in [0.3, 0.4) is 0 Å². The highest BCUT2D eigenvalue weighted by Crippen LogP contribution is 2.45. The summed E-state index contributed by atoms with van der Waals surface area (Å²) in [6.45, 7) is 4.37. The third-order valence-electron chi connectivity index (χ3n) is 6.18. The Kier molecular flexibility index (Phi) is 3.66. The fraction of sp³-hybridized carbons (Fsp3) is 0.409. The minimum Gasteiger partial charge on any atom is -0.386 e. The third-order valence-corrected chi connectivity index (χ3v) is 6.18.